The van der Waals surface area contributed by atoms with Gasteiger partial charge in [-0.05, 0) is 46.8 Å². The molecule has 2 heterocycles. The van der Waals surface area contributed by atoms with Gasteiger partial charge in [-0.1, -0.05) is 0 Å². The van der Waals surface area contributed by atoms with Crippen molar-refractivity contribution in [1.82, 2.24) is 14.8 Å². The minimum absolute atomic E-state index is 0.525. The quantitative estimate of drug-likeness (QED) is 0.872. The van der Waals surface area contributed by atoms with E-state index in [2.05, 4.69) is 10.1 Å². The van der Waals surface area contributed by atoms with Crippen LogP contribution in [0.25, 0.3) is 11.3 Å². The van der Waals surface area contributed by atoms with Gasteiger partial charge in [0.2, 0.25) is 0 Å². The molecule has 0 aromatic carbocycles. The van der Waals surface area contributed by atoms with E-state index in [4.69, 9.17) is 10.5 Å². The summed E-state index contributed by atoms with van der Waals surface area (Å²) in [5.41, 5.74) is 8.81. The number of aryl methyl sites for hydroxylation is 2. The Kier molecular flexibility index (Phi) is 3.72. The van der Waals surface area contributed by atoms with Gasteiger partial charge in [-0.25, -0.2) is 4.79 Å². The number of nitrogens with two attached hydrogens (primary N) is 1. The maximum atomic E-state index is 12.0. The number of rotatable bonds is 1. The highest BCUT2D eigenvalue weighted by Crippen LogP contribution is 2.26. The topological polar surface area (TPSA) is 83.0 Å². The third-order valence-corrected chi connectivity index (χ3v) is 2.80. The number of pyridine rings is 1. The number of nitrogens with zero attached hydrogens (tertiary/aromatic N) is 3. The number of anilines is 1. The van der Waals surface area contributed by atoms with Crippen molar-refractivity contribution in [3.05, 3.63) is 29.7 Å². The third kappa shape index (κ3) is 3.39. The van der Waals surface area contributed by atoms with Gasteiger partial charge in [-0.2, -0.15) is 9.78 Å². The van der Waals surface area contributed by atoms with Crippen LogP contribution in [0, 0.1) is 13.8 Å². The first kappa shape index (κ1) is 15.0. The van der Waals surface area contributed by atoms with Crippen molar-refractivity contribution in [1.29, 1.82) is 0 Å². The van der Waals surface area contributed by atoms with Crippen LogP contribution in [0.15, 0.2) is 18.3 Å². The fourth-order valence-electron chi connectivity index (χ4n) is 1.88. The summed E-state index contributed by atoms with van der Waals surface area (Å²) in [6, 6.07) is 3.63. The van der Waals surface area contributed by atoms with Crippen molar-refractivity contribution in [2.45, 2.75) is 40.2 Å². The van der Waals surface area contributed by atoms with E-state index < -0.39 is 11.7 Å². The van der Waals surface area contributed by atoms with E-state index in [1.54, 1.807) is 19.2 Å². The van der Waals surface area contributed by atoms with Gasteiger partial charge in [0.05, 0.1) is 17.1 Å². The Morgan fingerprint density at radius 3 is 2.57 bits per heavy atom. The highest BCUT2D eigenvalue weighted by molar-refractivity contribution is 5.77. The lowest BCUT2D eigenvalue weighted by molar-refractivity contribution is 0.0514. The second-order valence-electron chi connectivity index (χ2n) is 5.94. The van der Waals surface area contributed by atoms with Crippen molar-refractivity contribution in [3.63, 3.8) is 0 Å². The van der Waals surface area contributed by atoms with Gasteiger partial charge in [-0.15, -0.1) is 0 Å². The molecule has 0 saturated heterocycles. The van der Waals surface area contributed by atoms with Crippen LogP contribution in [0.1, 0.15) is 32.2 Å². The third-order valence-electron chi connectivity index (χ3n) is 2.80. The Bertz CT molecular complexity index is 683. The molecule has 0 unspecified atom stereocenters. The van der Waals surface area contributed by atoms with Gasteiger partial charge in [0.15, 0.2) is 0 Å². The molecule has 2 aromatic rings. The Morgan fingerprint density at radius 1 is 1.29 bits per heavy atom. The molecule has 6 heteroatoms. The van der Waals surface area contributed by atoms with Crippen LogP contribution < -0.4 is 5.73 Å². The van der Waals surface area contributed by atoms with Crippen LogP contribution in [-0.4, -0.2) is 26.5 Å². The molecule has 112 valence electrons. The molecule has 0 spiro atoms. The highest BCUT2D eigenvalue weighted by Gasteiger charge is 2.21. The van der Waals surface area contributed by atoms with Crippen LogP contribution in [0.2, 0.25) is 0 Å². The summed E-state index contributed by atoms with van der Waals surface area (Å²) in [4.78, 5) is 16.5. The monoisotopic (exact) mass is 288 g/mol. The Morgan fingerprint density at radius 2 is 1.95 bits per heavy atom. The highest BCUT2D eigenvalue weighted by atomic mass is 16.6. The first-order valence-corrected chi connectivity index (χ1v) is 6.70. The van der Waals surface area contributed by atoms with Gasteiger partial charge in [-0.3, -0.25) is 4.98 Å². The van der Waals surface area contributed by atoms with E-state index in [0.717, 1.165) is 11.3 Å². The van der Waals surface area contributed by atoms with E-state index in [9.17, 15) is 4.79 Å². The minimum atomic E-state index is -0.572. The lowest BCUT2D eigenvalue weighted by Gasteiger charge is -2.18. The number of carbonyl (C=O) groups excluding carboxylic acids is 1. The average molecular weight is 288 g/mol. The lowest BCUT2D eigenvalue weighted by atomic mass is 10.1. The number of carbonyl (C=O) groups is 1. The zero-order valence-electron chi connectivity index (χ0n) is 13.0. The van der Waals surface area contributed by atoms with Crippen LogP contribution in [0.5, 0.6) is 0 Å². The normalized spacial score (nSPS) is 11.5. The predicted octanol–water partition coefficient (Wildman–Crippen LogP) is 2.93. The van der Waals surface area contributed by atoms with E-state index in [1.807, 2.05) is 33.8 Å². The SMILES string of the molecule is Cc1ccc(N)c(-c2cn(C(=O)OC(C)(C)C)nc2C)n1. The number of nitrogen functional groups attached to an aromatic ring is 1. The Labute approximate surface area is 123 Å². The molecule has 0 fully saturated rings. The smallest absolute Gasteiger partial charge is 0.435 e. The fraction of sp³-hybridized carbons (Fsp3) is 0.400. The van der Waals surface area contributed by atoms with Crippen molar-refractivity contribution in [3.8, 4) is 11.3 Å². The molecule has 0 aliphatic heterocycles. The van der Waals surface area contributed by atoms with Crippen LogP contribution in [0.3, 0.4) is 0 Å². The maximum absolute atomic E-state index is 12.0. The lowest BCUT2D eigenvalue weighted by Crippen LogP contribution is -2.27. The maximum Gasteiger partial charge on any atom is 0.435 e. The van der Waals surface area contributed by atoms with Crippen LogP contribution in [-0.2, 0) is 4.74 Å². The van der Waals surface area contributed by atoms with Gasteiger partial charge in [0.1, 0.15) is 5.60 Å². The standard InChI is InChI=1S/C15H20N4O2/c1-9-6-7-12(16)13(17-9)11-8-19(18-10(11)2)14(20)21-15(3,4)5/h6-8H,16H2,1-5H3. The Balaban J connectivity index is 2.40. The molecular formula is C15H20N4O2. The largest absolute Gasteiger partial charge is 0.442 e. The minimum Gasteiger partial charge on any atom is -0.442 e. The molecule has 6 nitrogen and oxygen atoms in total. The molecule has 2 N–H and O–H groups in total. The zero-order chi connectivity index (χ0) is 15.8. The molecule has 0 atom stereocenters. The van der Waals surface area contributed by atoms with E-state index >= 15 is 0 Å². The molecule has 2 aromatic heterocycles. The summed E-state index contributed by atoms with van der Waals surface area (Å²) < 4.78 is 6.47. The summed E-state index contributed by atoms with van der Waals surface area (Å²) in [6.45, 7) is 9.11. The van der Waals surface area contributed by atoms with E-state index in [0.29, 0.717) is 17.1 Å². The summed E-state index contributed by atoms with van der Waals surface area (Å²) in [5.74, 6) is 0. The molecule has 2 rings (SSSR count). The van der Waals surface area contributed by atoms with Crippen molar-refractivity contribution in [2.24, 2.45) is 0 Å². The first-order chi connectivity index (χ1) is 9.67. The van der Waals surface area contributed by atoms with Crippen molar-refractivity contribution < 1.29 is 9.53 Å². The van der Waals surface area contributed by atoms with Crippen LogP contribution in [0.4, 0.5) is 10.5 Å². The number of hydrogen-bond acceptors (Lipinski definition) is 5. The number of hydrogen-bond donors (Lipinski definition) is 1. The van der Waals surface area contributed by atoms with Gasteiger partial charge < -0.3 is 10.5 Å². The number of aromatic nitrogens is 3. The van der Waals surface area contributed by atoms with Gasteiger partial charge >= 0.3 is 6.09 Å². The molecule has 21 heavy (non-hydrogen) atoms. The van der Waals surface area contributed by atoms with E-state index in [1.165, 1.54) is 4.68 Å². The second-order valence-corrected chi connectivity index (χ2v) is 5.94. The average Bonchev–Trinajstić information content (AvgIpc) is 2.72. The molecular weight excluding hydrogens is 268 g/mol. The molecule has 0 radical (unpaired) electrons. The van der Waals surface area contributed by atoms with Gasteiger partial charge in [0.25, 0.3) is 0 Å². The summed E-state index contributed by atoms with van der Waals surface area (Å²) in [7, 11) is 0. The molecule has 0 bridgehead atoms. The Hall–Kier alpha value is -2.37. The fourth-order valence-corrected chi connectivity index (χ4v) is 1.88. The second kappa shape index (κ2) is 5.20. The predicted molar refractivity (Wildman–Crippen MR) is 81.0 cm³/mol. The summed E-state index contributed by atoms with van der Waals surface area (Å²) in [6.07, 6.45) is 1.07. The van der Waals surface area contributed by atoms with Crippen molar-refractivity contribution >= 4 is 11.8 Å². The van der Waals surface area contributed by atoms with E-state index in [-0.39, 0.29) is 0 Å². The first-order valence-electron chi connectivity index (χ1n) is 6.70. The zero-order valence-corrected chi connectivity index (χ0v) is 13.0. The summed E-state index contributed by atoms with van der Waals surface area (Å²) >= 11 is 0. The van der Waals surface area contributed by atoms with Crippen molar-refractivity contribution in [2.75, 3.05) is 5.73 Å². The number of ether oxygens (including phenoxy) is 1. The molecule has 0 aliphatic rings. The van der Waals surface area contributed by atoms with Crippen LogP contribution >= 0.6 is 0 Å². The summed E-state index contributed by atoms with van der Waals surface area (Å²) in [5, 5.41) is 4.19. The van der Waals surface area contributed by atoms with Gasteiger partial charge in [0, 0.05) is 17.5 Å². The molecule has 0 saturated carbocycles. The molecule has 0 aliphatic carbocycles. The molecule has 0 amide bonds.